The van der Waals surface area contributed by atoms with Crippen LogP contribution in [-0.2, 0) is 11.2 Å². The fraction of sp³-hybridized carbons (Fsp3) is 0.600. The molecule has 1 aliphatic heterocycles. The number of anilines is 1. The van der Waals surface area contributed by atoms with Gasteiger partial charge in [0.05, 0.1) is 19.3 Å². The monoisotopic (exact) mass is 248 g/mol. The summed E-state index contributed by atoms with van der Waals surface area (Å²) in [6, 6.07) is 7.20. The molecule has 0 bridgehead atoms. The standard InChI is InChI=1S/C15H24N2O/c1-3-14-11-18-9-8-17(14)15-5-4-12(2)10-13(15)6-7-16/h4-5,10,14H,3,6-9,11,16H2,1-2H3. The van der Waals surface area contributed by atoms with Crippen LogP contribution in [0.2, 0.25) is 0 Å². The van der Waals surface area contributed by atoms with Crippen LogP contribution in [0.1, 0.15) is 24.5 Å². The molecule has 1 fully saturated rings. The fourth-order valence-electron chi connectivity index (χ4n) is 2.66. The van der Waals surface area contributed by atoms with E-state index in [-0.39, 0.29) is 0 Å². The van der Waals surface area contributed by atoms with Crippen molar-refractivity contribution in [3.8, 4) is 0 Å². The molecule has 18 heavy (non-hydrogen) atoms. The van der Waals surface area contributed by atoms with Crippen molar-refractivity contribution in [2.45, 2.75) is 32.7 Å². The average molecular weight is 248 g/mol. The van der Waals surface area contributed by atoms with Crippen molar-refractivity contribution in [1.82, 2.24) is 0 Å². The highest BCUT2D eigenvalue weighted by molar-refractivity contribution is 5.56. The van der Waals surface area contributed by atoms with Crippen LogP contribution >= 0.6 is 0 Å². The van der Waals surface area contributed by atoms with Gasteiger partial charge in [-0.15, -0.1) is 0 Å². The normalized spacial score (nSPS) is 20.2. The number of rotatable bonds is 4. The van der Waals surface area contributed by atoms with Crippen molar-refractivity contribution in [2.75, 3.05) is 31.2 Å². The summed E-state index contributed by atoms with van der Waals surface area (Å²) in [5.41, 5.74) is 9.76. The highest BCUT2D eigenvalue weighted by Crippen LogP contribution is 2.26. The molecule has 3 nitrogen and oxygen atoms in total. The Labute approximate surface area is 110 Å². The molecule has 0 spiro atoms. The van der Waals surface area contributed by atoms with Gasteiger partial charge in [0, 0.05) is 12.2 Å². The highest BCUT2D eigenvalue weighted by Gasteiger charge is 2.23. The van der Waals surface area contributed by atoms with Crippen molar-refractivity contribution in [1.29, 1.82) is 0 Å². The molecule has 1 aromatic carbocycles. The van der Waals surface area contributed by atoms with Crippen LogP contribution < -0.4 is 10.6 Å². The SMILES string of the molecule is CCC1COCCN1c1ccc(C)cc1CCN. The average Bonchev–Trinajstić information content (AvgIpc) is 2.39. The Morgan fingerprint density at radius 3 is 3.00 bits per heavy atom. The van der Waals surface area contributed by atoms with E-state index >= 15 is 0 Å². The highest BCUT2D eigenvalue weighted by atomic mass is 16.5. The van der Waals surface area contributed by atoms with Crippen molar-refractivity contribution in [2.24, 2.45) is 5.73 Å². The van der Waals surface area contributed by atoms with Crippen LogP contribution in [0.15, 0.2) is 18.2 Å². The van der Waals surface area contributed by atoms with E-state index in [9.17, 15) is 0 Å². The first-order chi connectivity index (χ1) is 8.76. The molecule has 0 radical (unpaired) electrons. The maximum atomic E-state index is 5.73. The largest absolute Gasteiger partial charge is 0.377 e. The molecule has 1 heterocycles. The predicted octanol–water partition coefficient (Wildman–Crippen LogP) is 2.11. The van der Waals surface area contributed by atoms with Gasteiger partial charge in [0.25, 0.3) is 0 Å². The third-order valence-corrected chi connectivity index (χ3v) is 3.66. The van der Waals surface area contributed by atoms with Crippen LogP contribution in [0.4, 0.5) is 5.69 Å². The summed E-state index contributed by atoms with van der Waals surface area (Å²) < 4.78 is 5.58. The van der Waals surface area contributed by atoms with E-state index in [0.717, 1.165) is 32.6 Å². The Morgan fingerprint density at radius 2 is 2.28 bits per heavy atom. The first-order valence-corrected chi connectivity index (χ1v) is 6.90. The molecule has 1 atom stereocenters. The van der Waals surface area contributed by atoms with E-state index in [1.54, 1.807) is 0 Å². The molecule has 0 aromatic heterocycles. The van der Waals surface area contributed by atoms with Crippen LogP contribution in [0.5, 0.6) is 0 Å². The number of ether oxygens (including phenoxy) is 1. The van der Waals surface area contributed by atoms with Crippen LogP contribution in [0.3, 0.4) is 0 Å². The Balaban J connectivity index is 2.29. The molecule has 1 aliphatic rings. The number of hydrogen-bond donors (Lipinski definition) is 1. The van der Waals surface area contributed by atoms with Crippen LogP contribution in [0.25, 0.3) is 0 Å². The third-order valence-electron chi connectivity index (χ3n) is 3.66. The van der Waals surface area contributed by atoms with Gasteiger partial charge in [-0.05, 0) is 37.9 Å². The maximum absolute atomic E-state index is 5.73. The first-order valence-electron chi connectivity index (χ1n) is 6.90. The van der Waals surface area contributed by atoms with Crippen LogP contribution in [0, 0.1) is 6.92 Å². The Hall–Kier alpha value is -1.06. The minimum absolute atomic E-state index is 0.498. The molecule has 2 N–H and O–H groups in total. The van der Waals surface area contributed by atoms with Gasteiger partial charge in [-0.1, -0.05) is 24.6 Å². The van der Waals surface area contributed by atoms with Crippen molar-refractivity contribution < 1.29 is 4.74 Å². The lowest BCUT2D eigenvalue weighted by molar-refractivity contribution is 0.0929. The summed E-state index contributed by atoms with van der Waals surface area (Å²) in [7, 11) is 0. The van der Waals surface area contributed by atoms with Crippen molar-refractivity contribution >= 4 is 5.69 Å². The summed E-state index contributed by atoms with van der Waals surface area (Å²) in [5.74, 6) is 0. The molecule has 0 saturated carbocycles. The van der Waals surface area contributed by atoms with Crippen LogP contribution in [-0.4, -0.2) is 32.3 Å². The Bertz CT molecular complexity index is 392. The van der Waals surface area contributed by atoms with Gasteiger partial charge < -0.3 is 15.4 Å². The Kier molecular flexibility index (Phi) is 4.61. The van der Waals surface area contributed by atoms with Gasteiger partial charge in [-0.25, -0.2) is 0 Å². The minimum atomic E-state index is 0.498. The number of morpholine rings is 1. The second-order valence-electron chi connectivity index (χ2n) is 5.00. The topological polar surface area (TPSA) is 38.5 Å². The molecule has 1 aromatic rings. The lowest BCUT2D eigenvalue weighted by atomic mass is 10.0. The molecule has 0 aliphatic carbocycles. The molecule has 0 amide bonds. The summed E-state index contributed by atoms with van der Waals surface area (Å²) in [6.45, 7) is 7.72. The van der Waals surface area contributed by atoms with Gasteiger partial charge >= 0.3 is 0 Å². The predicted molar refractivity (Wildman–Crippen MR) is 76.2 cm³/mol. The summed E-state index contributed by atoms with van der Waals surface area (Å²) in [4.78, 5) is 2.49. The van der Waals surface area contributed by atoms with E-state index < -0.39 is 0 Å². The van der Waals surface area contributed by atoms with Gasteiger partial charge in [0.1, 0.15) is 0 Å². The molecule has 1 saturated heterocycles. The number of nitrogens with two attached hydrogens (primary N) is 1. The molecule has 1 unspecified atom stereocenters. The number of benzene rings is 1. The molecular weight excluding hydrogens is 224 g/mol. The number of aryl methyl sites for hydroxylation is 1. The van der Waals surface area contributed by atoms with Gasteiger partial charge in [-0.3, -0.25) is 0 Å². The van der Waals surface area contributed by atoms with Crippen molar-refractivity contribution in [3.63, 3.8) is 0 Å². The molecular formula is C15H24N2O. The number of nitrogens with zero attached hydrogens (tertiary/aromatic N) is 1. The zero-order chi connectivity index (χ0) is 13.0. The minimum Gasteiger partial charge on any atom is -0.377 e. The summed E-state index contributed by atoms with van der Waals surface area (Å²) >= 11 is 0. The third kappa shape index (κ3) is 2.85. The van der Waals surface area contributed by atoms with E-state index in [1.165, 1.54) is 16.8 Å². The molecule has 3 heteroatoms. The summed E-state index contributed by atoms with van der Waals surface area (Å²) in [6.07, 6.45) is 2.07. The lowest BCUT2D eigenvalue weighted by Gasteiger charge is -2.38. The van der Waals surface area contributed by atoms with E-state index in [0.29, 0.717) is 12.6 Å². The fourth-order valence-corrected chi connectivity index (χ4v) is 2.66. The Morgan fingerprint density at radius 1 is 1.44 bits per heavy atom. The lowest BCUT2D eigenvalue weighted by Crippen LogP contribution is -2.45. The van der Waals surface area contributed by atoms with E-state index in [1.807, 2.05) is 0 Å². The van der Waals surface area contributed by atoms with Gasteiger partial charge in [0.15, 0.2) is 0 Å². The zero-order valence-electron chi connectivity index (χ0n) is 11.5. The van der Waals surface area contributed by atoms with Gasteiger partial charge in [0.2, 0.25) is 0 Å². The zero-order valence-corrected chi connectivity index (χ0v) is 11.5. The quantitative estimate of drug-likeness (QED) is 0.887. The maximum Gasteiger partial charge on any atom is 0.0670 e. The van der Waals surface area contributed by atoms with E-state index in [2.05, 4.69) is 36.9 Å². The summed E-state index contributed by atoms with van der Waals surface area (Å²) in [5, 5.41) is 0. The van der Waals surface area contributed by atoms with Gasteiger partial charge in [-0.2, -0.15) is 0 Å². The van der Waals surface area contributed by atoms with Crippen molar-refractivity contribution in [3.05, 3.63) is 29.3 Å². The smallest absolute Gasteiger partial charge is 0.0670 e. The first kappa shape index (κ1) is 13.4. The number of hydrogen-bond acceptors (Lipinski definition) is 3. The second kappa shape index (κ2) is 6.21. The molecule has 2 rings (SSSR count). The second-order valence-corrected chi connectivity index (χ2v) is 5.00. The molecule has 100 valence electrons. The van der Waals surface area contributed by atoms with E-state index in [4.69, 9.17) is 10.5 Å².